The van der Waals surface area contributed by atoms with Gasteiger partial charge in [-0.3, -0.25) is 0 Å². The molecular formula is C17H18BrClN2. The largest absolute Gasteiger partial charge is 0.236 e. The van der Waals surface area contributed by atoms with Gasteiger partial charge in [-0.2, -0.15) is 0 Å². The van der Waals surface area contributed by atoms with Crippen molar-refractivity contribution in [2.45, 2.75) is 44.9 Å². The lowest BCUT2D eigenvalue weighted by Gasteiger charge is -2.14. The highest BCUT2D eigenvalue weighted by Crippen LogP contribution is 2.38. The third-order valence-electron chi connectivity index (χ3n) is 4.23. The zero-order valence-corrected chi connectivity index (χ0v) is 14.4. The maximum atomic E-state index is 6.31. The van der Waals surface area contributed by atoms with Gasteiger partial charge >= 0.3 is 0 Å². The van der Waals surface area contributed by atoms with Crippen molar-refractivity contribution in [2.75, 3.05) is 0 Å². The van der Waals surface area contributed by atoms with Crippen LogP contribution in [0.4, 0.5) is 0 Å². The highest BCUT2D eigenvalue weighted by molar-refractivity contribution is 9.10. The van der Waals surface area contributed by atoms with Crippen LogP contribution in [0.25, 0.3) is 0 Å². The molecule has 1 fully saturated rings. The lowest BCUT2D eigenvalue weighted by atomic mass is 10.0. The average molecular weight is 366 g/mol. The topological polar surface area (TPSA) is 25.8 Å². The molecule has 0 N–H and O–H groups in total. The van der Waals surface area contributed by atoms with E-state index in [0.29, 0.717) is 11.1 Å². The van der Waals surface area contributed by atoms with Crippen LogP contribution in [-0.2, 0) is 6.42 Å². The van der Waals surface area contributed by atoms with Crippen LogP contribution in [0.5, 0.6) is 0 Å². The first-order valence-electron chi connectivity index (χ1n) is 7.41. The predicted molar refractivity (Wildman–Crippen MR) is 89.9 cm³/mol. The second-order valence-electron chi connectivity index (χ2n) is 5.71. The Labute approximate surface area is 139 Å². The molecule has 1 aliphatic carbocycles. The summed E-state index contributed by atoms with van der Waals surface area (Å²) in [5.74, 6) is 1.34. The fourth-order valence-corrected chi connectivity index (χ4v) is 3.70. The lowest BCUT2D eigenvalue weighted by molar-refractivity contribution is 0.681. The molecule has 0 amide bonds. The Morgan fingerprint density at radius 2 is 1.90 bits per heavy atom. The Bertz CT molecular complexity index is 651. The highest BCUT2D eigenvalue weighted by atomic mass is 79.9. The Morgan fingerprint density at radius 3 is 2.62 bits per heavy atom. The van der Waals surface area contributed by atoms with Crippen LogP contribution in [0.15, 0.2) is 28.7 Å². The molecule has 1 aromatic carbocycles. The van der Waals surface area contributed by atoms with E-state index in [1.165, 1.54) is 36.8 Å². The van der Waals surface area contributed by atoms with Gasteiger partial charge in [0.25, 0.3) is 0 Å². The first-order valence-corrected chi connectivity index (χ1v) is 8.58. The number of hydrogen-bond acceptors (Lipinski definition) is 2. The molecule has 0 unspecified atom stereocenters. The number of benzene rings is 1. The van der Waals surface area contributed by atoms with Gasteiger partial charge in [0.05, 0.1) is 10.2 Å². The summed E-state index contributed by atoms with van der Waals surface area (Å²) < 4.78 is 0.879. The number of nitrogens with zero attached hydrogens (tertiary/aromatic N) is 2. The maximum absolute atomic E-state index is 6.31. The van der Waals surface area contributed by atoms with Crippen molar-refractivity contribution >= 4 is 27.5 Å². The van der Waals surface area contributed by atoms with Gasteiger partial charge in [0.15, 0.2) is 0 Å². The van der Waals surface area contributed by atoms with E-state index in [2.05, 4.69) is 52.1 Å². The molecule has 1 heterocycles. The monoisotopic (exact) mass is 364 g/mol. The molecule has 1 saturated carbocycles. The van der Waals surface area contributed by atoms with Gasteiger partial charge in [0.2, 0.25) is 0 Å². The van der Waals surface area contributed by atoms with E-state index in [4.69, 9.17) is 16.6 Å². The highest BCUT2D eigenvalue weighted by Gasteiger charge is 2.23. The van der Waals surface area contributed by atoms with Crippen molar-refractivity contribution in [1.29, 1.82) is 0 Å². The van der Waals surface area contributed by atoms with Crippen LogP contribution >= 0.6 is 27.5 Å². The molecule has 1 aliphatic rings. The molecule has 2 nitrogen and oxygen atoms in total. The van der Waals surface area contributed by atoms with Gasteiger partial charge in [-0.25, -0.2) is 9.97 Å². The second-order valence-corrected chi connectivity index (χ2v) is 6.87. The summed E-state index contributed by atoms with van der Waals surface area (Å²) >= 11 is 9.87. The second kappa shape index (κ2) is 6.45. The molecule has 2 aromatic rings. The average Bonchev–Trinajstić information content (AvgIpc) is 2.99. The maximum Gasteiger partial charge on any atom is 0.147 e. The van der Waals surface area contributed by atoms with E-state index >= 15 is 0 Å². The minimum Gasteiger partial charge on any atom is -0.236 e. The summed E-state index contributed by atoms with van der Waals surface area (Å²) in [4.78, 5) is 9.26. The molecule has 0 aliphatic heterocycles. The first-order chi connectivity index (χ1) is 10.1. The molecule has 4 heteroatoms. The van der Waals surface area contributed by atoms with Gasteiger partial charge in [-0.05, 0) is 46.8 Å². The molecule has 1 aromatic heterocycles. The van der Waals surface area contributed by atoms with Crippen LogP contribution in [0.1, 0.15) is 54.2 Å². The van der Waals surface area contributed by atoms with Gasteiger partial charge in [-0.1, -0.05) is 48.7 Å². The molecule has 0 atom stereocenters. The van der Waals surface area contributed by atoms with Crippen molar-refractivity contribution in [3.8, 4) is 0 Å². The summed E-state index contributed by atoms with van der Waals surface area (Å²) in [6, 6.07) is 8.36. The molecule has 0 bridgehead atoms. The fraction of sp³-hybridized carbons (Fsp3) is 0.412. The van der Waals surface area contributed by atoms with Crippen molar-refractivity contribution in [3.63, 3.8) is 0 Å². The molecule has 0 saturated heterocycles. The van der Waals surface area contributed by atoms with Gasteiger partial charge in [0, 0.05) is 12.3 Å². The zero-order chi connectivity index (χ0) is 14.8. The first kappa shape index (κ1) is 15.0. The van der Waals surface area contributed by atoms with Crippen LogP contribution in [0.2, 0.25) is 5.15 Å². The summed E-state index contributed by atoms with van der Waals surface area (Å²) in [6.45, 7) is 2.12. The Hall–Kier alpha value is -0.930. The smallest absolute Gasteiger partial charge is 0.147 e. The van der Waals surface area contributed by atoms with E-state index < -0.39 is 0 Å². The summed E-state index contributed by atoms with van der Waals surface area (Å²) in [5.41, 5.74) is 3.62. The zero-order valence-electron chi connectivity index (χ0n) is 12.1. The normalized spacial score (nSPS) is 15.6. The van der Waals surface area contributed by atoms with Crippen molar-refractivity contribution in [2.24, 2.45) is 0 Å². The molecular weight excluding hydrogens is 348 g/mol. The third-order valence-corrected chi connectivity index (χ3v) is 5.52. The molecule has 21 heavy (non-hydrogen) atoms. The molecule has 110 valence electrons. The van der Waals surface area contributed by atoms with Crippen molar-refractivity contribution in [1.82, 2.24) is 9.97 Å². The SMILES string of the molecule is Cc1ccccc1Cc1nc(Cl)c(Br)c(C2CCCC2)n1. The van der Waals surface area contributed by atoms with Crippen molar-refractivity contribution in [3.05, 3.63) is 56.5 Å². The van der Waals surface area contributed by atoms with E-state index in [9.17, 15) is 0 Å². The summed E-state index contributed by atoms with van der Waals surface area (Å²) in [6.07, 6.45) is 5.71. The Morgan fingerprint density at radius 1 is 1.19 bits per heavy atom. The predicted octanol–water partition coefficient (Wildman–Crippen LogP) is 5.45. The molecule has 0 spiro atoms. The van der Waals surface area contributed by atoms with Crippen LogP contribution in [-0.4, -0.2) is 9.97 Å². The van der Waals surface area contributed by atoms with Gasteiger partial charge in [-0.15, -0.1) is 0 Å². The van der Waals surface area contributed by atoms with Crippen LogP contribution in [0.3, 0.4) is 0 Å². The standard InChI is InChI=1S/C17H18BrClN2/c1-11-6-2-3-9-13(11)10-14-20-16(12-7-4-5-8-12)15(18)17(19)21-14/h2-3,6,9,12H,4-5,7-8,10H2,1H3. The number of rotatable bonds is 3. The van der Waals surface area contributed by atoms with Gasteiger partial charge in [0.1, 0.15) is 11.0 Å². The van der Waals surface area contributed by atoms with Crippen LogP contribution < -0.4 is 0 Å². The van der Waals surface area contributed by atoms with Gasteiger partial charge < -0.3 is 0 Å². The number of halogens is 2. The summed E-state index contributed by atoms with van der Waals surface area (Å²) in [7, 11) is 0. The third kappa shape index (κ3) is 3.29. The van der Waals surface area contributed by atoms with E-state index in [0.717, 1.165) is 22.4 Å². The van der Waals surface area contributed by atoms with E-state index in [1.807, 2.05) is 0 Å². The minimum absolute atomic E-state index is 0.524. The van der Waals surface area contributed by atoms with E-state index in [-0.39, 0.29) is 0 Å². The number of aromatic nitrogens is 2. The Kier molecular flexibility index (Phi) is 4.60. The lowest BCUT2D eigenvalue weighted by Crippen LogP contribution is -2.06. The van der Waals surface area contributed by atoms with Crippen LogP contribution in [0, 0.1) is 6.92 Å². The fourth-order valence-electron chi connectivity index (χ4n) is 3.01. The molecule has 0 radical (unpaired) electrons. The van der Waals surface area contributed by atoms with E-state index in [1.54, 1.807) is 0 Å². The quantitative estimate of drug-likeness (QED) is 0.676. The Balaban J connectivity index is 1.94. The van der Waals surface area contributed by atoms with Crippen molar-refractivity contribution < 1.29 is 0 Å². The minimum atomic E-state index is 0.524. The number of aryl methyl sites for hydroxylation is 1. The number of hydrogen-bond donors (Lipinski definition) is 0. The molecule has 3 rings (SSSR count). The summed E-state index contributed by atoms with van der Waals surface area (Å²) in [5, 5.41) is 0.537.